The lowest BCUT2D eigenvalue weighted by molar-refractivity contribution is 0.0989. The molecule has 0 saturated carbocycles. The molecule has 0 fully saturated rings. The number of benzene rings is 1. The lowest BCUT2D eigenvalue weighted by Crippen LogP contribution is -2.42. The van der Waals surface area contributed by atoms with Gasteiger partial charge in [0.25, 0.3) is 0 Å². The van der Waals surface area contributed by atoms with Crippen LogP contribution >= 0.6 is 0 Å². The molecule has 0 bridgehead atoms. The van der Waals surface area contributed by atoms with Gasteiger partial charge in [-0.25, -0.2) is 0 Å². The average Bonchev–Trinajstić information content (AvgIpc) is 2.86. The topological polar surface area (TPSA) is 71.7 Å². The van der Waals surface area contributed by atoms with Gasteiger partial charge in [0, 0.05) is 19.0 Å². The van der Waals surface area contributed by atoms with Gasteiger partial charge in [0.1, 0.15) is 24.0 Å². The first-order valence-electron chi connectivity index (χ1n) is 7.35. The third-order valence-electron chi connectivity index (χ3n) is 3.17. The number of fused-ring (bicyclic) bond motifs is 1. The van der Waals surface area contributed by atoms with E-state index in [1.807, 2.05) is 20.8 Å². The zero-order valence-electron chi connectivity index (χ0n) is 13.5. The van der Waals surface area contributed by atoms with Gasteiger partial charge < -0.3 is 19.6 Å². The number of hydrogen-bond donors (Lipinski definition) is 2. The largest absolute Gasteiger partial charge is 0.490 e. The maximum absolute atomic E-state index is 11.4. The molecule has 0 aliphatic heterocycles. The number of nitrogens with one attached hydrogen (secondary N) is 1. The Hall–Kier alpha value is -1.85. The molecule has 0 aliphatic rings. The quantitative estimate of drug-likeness (QED) is 0.803. The molecule has 2 N–H and O–H groups in total. The zero-order valence-corrected chi connectivity index (χ0v) is 13.5. The third kappa shape index (κ3) is 4.32. The minimum atomic E-state index is -0.617. The van der Waals surface area contributed by atoms with Crippen molar-refractivity contribution in [1.29, 1.82) is 0 Å². The van der Waals surface area contributed by atoms with Crippen LogP contribution in [0, 0.1) is 0 Å². The molecule has 0 saturated heterocycles. The summed E-state index contributed by atoms with van der Waals surface area (Å²) in [6, 6.07) is 7.05. The highest BCUT2D eigenvalue weighted by Gasteiger charge is 2.15. The Kier molecular flexibility index (Phi) is 4.88. The summed E-state index contributed by atoms with van der Waals surface area (Å²) in [5, 5.41) is 13.9. The van der Waals surface area contributed by atoms with Crippen LogP contribution in [-0.4, -0.2) is 35.7 Å². The van der Waals surface area contributed by atoms with Crippen molar-refractivity contribution in [3.8, 4) is 5.75 Å². The number of aliphatic hydroxyl groups excluding tert-OH is 1. The van der Waals surface area contributed by atoms with Crippen molar-refractivity contribution < 1.29 is 19.1 Å². The SMILES string of the molecule is CC(=O)c1cc2c(OC[C@@H](O)CNC(C)(C)C)cccc2o1. The molecule has 1 heterocycles. The predicted molar refractivity (Wildman–Crippen MR) is 85.5 cm³/mol. The predicted octanol–water partition coefficient (Wildman–Crippen LogP) is 2.76. The highest BCUT2D eigenvalue weighted by molar-refractivity contribution is 5.97. The van der Waals surface area contributed by atoms with Crippen molar-refractivity contribution >= 4 is 16.8 Å². The van der Waals surface area contributed by atoms with Gasteiger partial charge in [-0.2, -0.15) is 0 Å². The molecule has 0 radical (unpaired) electrons. The summed E-state index contributed by atoms with van der Waals surface area (Å²) in [6.07, 6.45) is -0.617. The summed E-state index contributed by atoms with van der Waals surface area (Å²) >= 11 is 0. The van der Waals surface area contributed by atoms with E-state index in [9.17, 15) is 9.90 Å². The molecule has 0 aliphatic carbocycles. The second-order valence-corrected chi connectivity index (χ2v) is 6.43. The van der Waals surface area contributed by atoms with E-state index in [-0.39, 0.29) is 17.9 Å². The molecule has 1 aromatic heterocycles. The van der Waals surface area contributed by atoms with Crippen LogP contribution in [0.3, 0.4) is 0 Å². The smallest absolute Gasteiger partial charge is 0.194 e. The van der Waals surface area contributed by atoms with E-state index < -0.39 is 6.10 Å². The molecule has 2 aromatic rings. The lowest BCUT2D eigenvalue weighted by Gasteiger charge is -2.23. The normalized spacial score (nSPS) is 13.3. The number of β-amino-alcohol motifs (C(OH)–C–C–N with tert-alkyl or cyclic N) is 1. The van der Waals surface area contributed by atoms with Gasteiger partial charge in [-0.05, 0) is 39.0 Å². The fourth-order valence-electron chi connectivity index (χ4n) is 2.00. The fourth-order valence-corrected chi connectivity index (χ4v) is 2.00. The zero-order chi connectivity index (χ0) is 16.3. The Morgan fingerprint density at radius 2 is 2.14 bits per heavy atom. The van der Waals surface area contributed by atoms with E-state index in [2.05, 4.69) is 5.32 Å². The lowest BCUT2D eigenvalue weighted by atomic mass is 10.1. The van der Waals surface area contributed by atoms with Crippen LogP contribution in [0.5, 0.6) is 5.75 Å². The number of ketones is 1. The highest BCUT2D eigenvalue weighted by Crippen LogP contribution is 2.29. The summed E-state index contributed by atoms with van der Waals surface area (Å²) in [5.41, 5.74) is 0.548. The van der Waals surface area contributed by atoms with E-state index >= 15 is 0 Å². The number of carbonyl (C=O) groups excluding carboxylic acids is 1. The molecule has 0 spiro atoms. The molecule has 22 heavy (non-hydrogen) atoms. The molecular formula is C17H23NO4. The van der Waals surface area contributed by atoms with E-state index in [0.29, 0.717) is 23.6 Å². The van der Waals surface area contributed by atoms with Crippen molar-refractivity contribution in [2.75, 3.05) is 13.2 Å². The molecular weight excluding hydrogens is 282 g/mol. The molecule has 1 atom stereocenters. The summed E-state index contributed by atoms with van der Waals surface area (Å²) in [4.78, 5) is 11.4. The summed E-state index contributed by atoms with van der Waals surface area (Å²) in [5.74, 6) is 0.779. The Balaban J connectivity index is 2.04. The van der Waals surface area contributed by atoms with Crippen LogP contribution in [0.15, 0.2) is 28.7 Å². The van der Waals surface area contributed by atoms with E-state index in [1.165, 1.54) is 6.92 Å². The Morgan fingerprint density at radius 3 is 2.77 bits per heavy atom. The first-order valence-corrected chi connectivity index (χ1v) is 7.35. The number of carbonyl (C=O) groups is 1. The first-order chi connectivity index (χ1) is 10.3. The number of Topliss-reactive ketones (excluding diaryl/α,β-unsaturated/α-hetero) is 1. The van der Waals surface area contributed by atoms with E-state index in [4.69, 9.17) is 9.15 Å². The average molecular weight is 305 g/mol. The highest BCUT2D eigenvalue weighted by atomic mass is 16.5. The van der Waals surface area contributed by atoms with Crippen molar-refractivity contribution in [1.82, 2.24) is 5.32 Å². The number of furan rings is 1. The minimum absolute atomic E-state index is 0.0536. The monoisotopic (exact) mass is 305 g/mol. The van der Waals surface area contributed by atoms with Gasteiger partial charge in [-0.3, -0.25) is 4.79 Å². The van der Waals surface area contributed by atoms with Crippen LogP contribution in [0.2, 0.25) is 0 Å². The van der Waals surface area contributed by atoms with Gasteiger partial charge in [-0.1, -0.05) is 6.07 Å². The van der Waals surface area contributed by atoms with Gasteiger partial charge >= 0.3 is 0 Å². The Morgan fingerprint density at radius 1 is 1.41 bits per heavy atom. The number of hydrogen-bond acceptors (Lipinski definition) is 5. The Bertz CT molecular complexity index is 654. The van der Waals surface area contributed by atoms with Gasteiger partial charge in [0.2, 0.25) is 0 Å². The third-order valence-corrected chi connectivity index (χ3v) is 3.17. The van der Waals surface area contributed by atoms with Crippen molar-refractivity contribution in [2.45, 2.75) is 39.3 Å². The fraction of sp³-hybridized carbons (Fsp3) is 0.471. The first kappa shape index (κ1) is 16.5. The van der Waals surface area contributed by atoms with Gasteiger partial charge in [-0.15, -0.1) is 0 Å². The molecule has 0 unspecified atom stereocenters. The summed E-state index contributed by atoms with van der Waals surface area (Å²) in [7, 11) is 0. The molecule has 2 rings (SSSR count). The summed E-state index contributed by atoms with van der Waals surface area (Å²) < 4.78 is 11.1. The molecule has 5 nitrogen and oxygen atoms in total. The van der Waals surface area contributed by atoms with Crippen LogP contribution in [0.1, 0.15) is 38.2 Å². The van der Waals surface area contributed by atoms with Crippen molar-refractivity contribution in [3.63, 3.8) is 0 Å². The van der Waals surface area contributed by atoms with Crippen LogP contribution in [-0.2, 0) is 0 Å². The van der Waals surface area contributed by atoms with E-state index in [0.717, 1.165) is 5.39 Å². The molecule has 0 amide bonds. The van der Waals surface area contributed by atoms with Crippen molar-refractivity contribution in [3.05, 3.63) is 30.0 Å². The minimum Gasteiger partial charge on any atom is -0.490 e. The molecule has 5 heteroatoms. The summed E-state index contributed by atoms with van der Waals surface area (Å²) in [6.45, 7) is 8.19. The second kappa shape index (κ2) is 6.50. The molecule has 120 valence electrons. The standard InChI is InChI=1S/C17H23NO4/c1-11(19)16-8-13-14(6-5-7-15(13)22-16)21-10-12(20)9-18-17(2,3)4/h5-8,12,18,20H,9-10H2,1-4H3/t12-/m0/s1. The Labute approximate surface area is 130 Å². The van der Waals surface area contributed by atoms with Crippen LogP contribution in [0.25, 0.3) is 11.0 Å². The second-order valence-electron chi connectivity index (χ2n) is 6.43. The van der Waals surface area contributed by atoms with Crippen LogP contribution < -0.4 is 10.1 Å². The molecule has 1 aromatic carbocycles. The van der Waals surface area contributed by atoms with Crippen LogP contribution in [0.4, 0.5) is 0 Å². The van der Waals surface area contributed by atoms with E-state index in [1.54, 1.807) is 24.3 Å². The van der Waals surface area contributed by atoms with Gasteiger partial charge in [0.05, 0.1) is 5.39 Å². The van der Waals surface area contributed by atoms with Crippen molar-refractivity contribution in [2.24, 2.45) is 0 Å². The number of ether oxygens (including phenoxy) is 1. The maximum Gasteiger partial charge on any atom is 0.194 e. The number of aliphatic hydroxyl groups is 1. The van der Waals surface area contributed by atoms with Gasteiger partial charge in [0.15, 0.2) is 11.5 Å². The number of rotatable bonds is 6. The maximum atomic E-state index is 11.4.